The Labute approximate surface area is 76.2 Å². The molecule has 2 rings (SSSR count). The fourth-order valence-electron chi connectivity index (χ4n) is 1.22. The fourth-order valence-corrected chi connectivity index (χ4v) is 1.22. The molecule has 1 aromatic rings. The lowest BCUT2D eigenvalue weighted by Gasteiger charge is -2.26. The molecule has 1 aliphatic rings. The number of hydrogen-bond donors (Lipinski definition) is 0. The van der Waals surface area contributed by atoms with Crippen LogP contribution in [0.5, 0.6) is 5.75 Å². The minimum absolute atomic E-state index is 0.0770. The van der Waals surface area contributed by atoms with E-state index in [0.717, 1.165) is 0 Å². The predicted molar refractivity (Wildman–Crippen MR) is 48.3 cm³/mol. The predicted octanol–water partition coefficient (Wildman–Crippen LogP) is 1.62. The van der Waals surface area contributed by atoms with Crippen LogP contribution in [0.3, 0.4) is 0 Å². The molecule has 0 N–H and O–H groups in total. The van der Waals surface area contributed by atoms with Crippen LogP contribution in [-0.2, 0) is 0 Å². The molecule has 0 saturated carbocycles. The van der Waals surface area contributed by atoms with Gasteiger partial charge >= 0.3 is 0 Å². The van der Waals surface area contributed by atoms with E-state index in [1.165, 1.54) is 4.90 Å². The van der Waals surface area contributed by atoms with Crippen molar-refractivity contribution >= 4 is 5.91 Å². The average Bonchev–Trinajstić information content (AvgIpc) is 2.15. The molecule has 1 aromatic carbocycles. The van der Waals surface area contributed by atoms with Gasteiger partial charge in [0.1, 0.15) is 5.75 Å². The van der Waals surface area contributed by atoms with Gasteiger partial charge in [-0.05, 0) is 18.7 Å². The van der Waals surface area contributed by atoms with Crippen molar-refractivity contribution in [3.05, 3.63) is 42.3 Å². The van der Waals surface area contributed by atoms with Crippen molar-refractivity contribution in [2.24, 2.45) is 0 Å². The van der Waals surface area contributed by atoms with E-state index in [9.17, 15) is 4.79 Å². The summed E-state index contributed by atoms with van der Waals surface area (Å²) in [7, 11) is 1.64. The first-order chi connectivity index (χ1) is 6.20. The number of para-hydroxylation sites is 1. The highest BCUT2D eigenvalue weighted by molar-refractivity contribution is 5.98. The minimum atomic E-state index is -0.0770. The Hall–Kier alpha value is -1.77. The molecule has 3 heteroatoms. The average molecular weight is 175 g/mol. The molecule has 0 fully saturated rings. The van der Waals surface area contributed by atoms with Crippen molar-refractivity contribution in [1.82, 2.24) is 4.90 Å². The standard InChI is InChI=1S/C10H9NO2/c1-7-11(2)10(12)8-5-3-4-6-9(8)13-7/h3-6H,1H2,2H3. The van der Waals surface area contributed by atoms with Crippen molar-refractivity contribution in [3.8, 4) is 5.75 Å². The van der Waals surface area contributed by atoms with Crippen LogP contribution in [0.1, 0.15) is 10.4 Å². The molecule has 0 radical (unpaired) electrons. The number of carbonyl (C=O) groups is 1. The third-order valence-corrected chi connectivity index (χ3v) is 2.02. The van der Waals surface area contributed by atoms with Crippen molar-refractivity contribution in [2.45, 2.75) is 0 Å². The first-order valence-electron chi connectivity index (χ1n) is 3.94. The van der Waals surface area contributed by atoms with Gasteiger partial charge in [0.2, 0.25) is 0 Å². The second-order valence-corrected chi connectivity index (χ2v) is 2.86. The van der Waals surface area contributed by atoms with Crippen LogP contribution in [0.2, 0.25) is 0 Å². The van der Waals surface area contributed by atoms with Gasteiger partial charge in [0, 0.05) is 7.05 Å². The zero-order chi connectivity index (χ0) is 9.42. The van der Waals surface area contributed by atoms with Gasteiger partial charge in [-0.25, -0.2) is 0 Å². The van der Waals surface area contributed by atoms with E-state index in [1.807, 2.05) is 12.1 Å². The molecule has 1 amide bonds. The molecule has 0 spiro atoms. The molecule has 13 heavy (non-hydrogen) atoms. The van der Waals surface area contributed by atoms with Crippen LogP contribution in [-0.4, -0.2) is 17.9 Å². The number of hydrogen-bond acceptors (Lipinski definition) is 2. The monoisotopic (exact) mass is 175 g/mol. The lowest BCUT2D eigenvalue weighted by Crippen LogP contribution is -2.32. The number of ether oxygens (including phenoxy) is 1. The summed E-state index contributed by atoms with van der Waals surface area (Å²) in [6.45, 7) is 3.63. The van der Waals surface area contributed by atoms with Gasteiger partial charge in [-0.3, -0.25) is 9.69 Å². The number of fused-ring (bicyclic) bond motifs is 1. The highest BCUT2D eigenvalue weighted by atomic mass is 16.5. The van der Waals surface area contributed by atoms with Gasteiger partial charge in [0.05, 0.1) is 5.56 Å². The molecule has 0 saturated heterocycles. The first kappa shape index (κ1) is 7.86. The van der Waals surface area contributed by atoms with E-state index in [4.69, 9.17) is 4.74 Å². The van der Waals surface area contributed by atoms with Crippen LogP contribution in [0.25, 0.3) is 0 Å². The normalized spacial score (nSPS) is 15.3. The first-order valence-corrected chi connectivity index (χ1v) is 3.94. The second kappa shape index (κ2) is 2.62. The maximum atomic E-state index is 11.6. The Kier molecular flexibility index (Phi) is 1.59. The van der Waals surface area contributed by atoms with Crippen LogP contribution >= 0.6 is 0 Å². The molecule has 66 valence electrons. The molecule has 0 aromatic heterocycles. The third-order valence-electron chi connectivity index (χ3n) is 2.02. The summed E-state index contributed by atoms with van der Waals surface area (Å²) in [5.74, 6) is 0.867. The minimum Gasteiger partial charge on any atom is -0.441 e. The molecular weight excluding hydrogens is 166 g/mol. The smallest absolute Gasteiger partial charge is 0.264 e. The van der Waals surface area contributed by atoms with Crippen molar-refractivity contribution in [1.29, 1.82) is 0 Å². The Morgan fingerprint density at radius 1 is 1.38 bits per heavy atom. The highest BCUT2D eigenvalue weighted by Gasteiger charge is 2.24. The Morgan fingerprint density at radius 2 is 2.08 bits per heavy atom. The van der Waals surface area contributed by atoms with Crippen LogP contribution in [0.4, 0.5) is 0 Å². The molecule has 0 atom stereocenters. The highest BCUT2D eigenvalue weighted by Crippen LogP contribution is 2.27. The fraction of sp³-hybridized carbons (Fsp3) is 0.100. The van der Waals surface area contributed by atoms with Gasteiger partial charge in [0.25, 0.3) is 5.91 Å². The number of nitrogens with zero attached hydrogens (tertiary/aromatic N) is 1. The van der Waals surface area contributed by atoms with Crippen molar-refractivity contribution < 1.29 is 9.53 Å². The maximum Gasteiger partial charge on any atom is 0.264 e. The Morgan fingerprint density at radius 3 is 2.85 bits per heavy atom. The lowest BCUT2D eigenvalue weighted by molar-refractivity contribution is 0.0743. The van der Waals surface area contributed by atoms with E-state index < -0.39 is 0 Å². The summed E-state index contributed by atoms with van der Waals surface area (Å²) < 4.78 is 5.33. The van der Waals surface area contributed by atoms with Crippen molar-refractivity contribution in [2.75, 3.05) is 7.05 Å². The number of benzene rings is 1. The summed E-state index contributed by atoms with van der Waals surface area (Å²) >= 11 is 0. The van der Waals surface area contributed by atoms with Crippen LogP contribution in [0.15, 0.2) is 36.7 Å². The zero-order valence-electron chi connectivity index (χ0n) is 7.28. The van der Waals surface area contributed by atoms with E-state index in [-0.39, 0.29) is 5.91 Å². The molecule has 3 nitrogen and oxygen atoms in total. The van der Waals surface area contributed by atoms with Gasteiger partial charge in [-0.15, -0.1) is 0 Å². The summed E-state index contributed by atoms with van der Waals surface area (Å²) in [5, 5.41) is 0. The van der Waals surface area contributed by atoms with Crippen molar-refractivity contribution in [3.63, 3.8) is 0 Å². The summed E-state index contributed by atoms with van der Waals surface area (Å²) in [5.41, 5.74) is 0.581. The summed E-state index contributed by atoms with van der Waals surface area (Å²) in [6.07, 6.45) is 0. The Bertz CT molecular complexity index is 384. The number of carbonyl (C=O) groups excluding carboxylic acids is 1. The maximum absolute atomic E-state index is 11.6. The van der Waals surface area contributed by atoms with Crippen LogP contribution in [0, 0.1) is 0 Å². The van der Waals surface area contributed by atoms with Gasteiger partial charge in [-0.2, -0.15) is 0 Å². The summed E-state index contributed by atoms with van der Waals surface area (Å²) in [6, 6.07) is 7.12. The molecule has 0 unspecified atom stereocenters. The third kappa shape index (κ3) is 1.09. The molecule has 1 aliphatic heterocycles. The lowest BCUT2D eigenvalue weighted by atomic mass is 10.1. The largest absolute Gasteiger partial charge is 0.441 e. The Balaban J connectivity index is 2.55. The number of amides is 1. The molecule has 1 heterocycles. The number of rotatable bonds is 0. The van der Waals surface area contributed by atoms with E-state index in [1.54, 1.807) is 19.2 Å². The zero-order valence-corrected chi connectivity index (χ0v) is 7.28. The van der Waals surface area contributed by atoms with Gasteiger partial charge < -0.3 is 4.74 Å². The molecular formula is C10H9NO2. The quantitative estimate of drug-likeness (QED) is 0.599. The molecule has 0 aliphatic carbocycles. The molecule has 0 bridgehead atoms. The van der Waals surface area contributed by atoms with Crippen LogP contribution < -0.4 is 4.74 Å². The van der Waals surface area contributed by atoms with E-state index in [0.29, 0.717) is 17.2 Å². The summed E-state index contributed by atoms with van der Waals surface area (Å²) in [4.78, 5) is 13.0. The topological polar surface area (TPSA) is 29.5 Å². The van der Waals surface area contributed by atoms with E-state index >= 15 is 0 Å². The second-order valence-electron chi connectivity index (χ2n) is 2.86. The SMILES string of the molecule is C=C1Oc2ccccc2C(=O)N1C. The van der Waals surface area contributed by atoms with Gasteiger partial charge in [-0.1, -0.05) is 12.1 Å². The van der Waals surface area contributed by atoms with E-state index in [2.05, 4.69) is 6.58 Å². The van der Waals surface area contributed by atoms with Gasteiger partial charge in [0.15, 0.2) is 5.88 Å².